The topological polar surface area (TPSA) is 79.3 Å². The first-order valence-electron chi connectivity index (χ1n) is 6.87. The summed E-state index contributed by atoms with van der Waals surface area (Å²) in [7, 11) is 0. The summed E-state index contributed by atoms with van der Waals surface area (Å²) in [6, 6.07) is 0. The minimum Gasteiger partial charge on any atom is -0.480 e. The number of thiazole rings is 1. The van der Waals surface area contributed by atoms with Crippen molar-refractivity contribution < 1.29 is 14.7 Å². The van der Waals surface area contributed by atoms with E-state index in [1.54, 1.807) is 0 Å². The average Bonchev–Trinajstić information content (AvgIpc) is 2.74. The summed E-state index contributed by atoms with van der Waals surface area (Å²) in [6.07, 6.45) is 3.02. The molecule has 2 unspecified atom stereocenters. The van der Waals surface area contributed by atoms with Crippen LogP contribution in [0.15, 0.2) is 5.38 Å². The summed E-state index contributed by atoms with van der Waals surface area (Å²) in [5.74, 6) is -0.861. The van der Waals surface area contributed by atoms with Crippen LogP contribution in [-0.2, 0) is 16.0 Å². The van der Waals surface area contributed by atoms with Crippen molar-refractivity contribution in [3.8, 4) is 0 Å². The Morgan fingerprint density at radius 3 is 2.90 bits per heavy atom. The smallest absolute Gasteiger partial charge is 0.329 e. The van der Waals surface area contributed by atoms with E-state index in [2.05, 4.69) is 10.3 Å². The number of carbonyl (C=O) groups excluding carboxylic acids is 1. The minimum atomic E-state index is -1.10. The van der Waals surface area contributed by atoms with Crippen LogP contribution in [0.2, 0.25) is 0 Å². The molecule has 110 valence electrons. The van der Waals surface area contributed by atoms with Crippen LogP contribution in [0.1, 0.15) is 43.3 Å². The lowest BCUT2D eigenvalue weighted by molar-refractivity contribution is -0.150. The lowest BCUT2D eigenvalue weighted by Gasteiger charge is -2.37. The van der Waals surface area contributed by atoms with Crippen LogP contribution < -0.4 is 5.32 Å². The number of amides is 1. The Kier molecular flexibility index (Phi) is 4.42. The molecule has 1 saturated carbocycles. The zero-order chi connectivity index (χ0) is 14.8. The molecule has 5 nitrogen and oxygen atoms in total. The van der Waals surface area contributed by atoms with E-state index in [9.17, 15) is 14.7 Å². The van der Waals surface area contributed by atoms with Gasteiger partial charge in [0.15, 0.2) is 0 Å². The quantitative estimate of drug-likeness (QED) is 0.892. The number of rotatable bonds is 4. The molecule has 0 bridgehead atoms. The van der Waals surface area contributed by atoms with Gasteiger partial charge in [-0.1, -0.05) is 19.8 Å². The number of aryl methyl sites for hydroxylation is 1. The van der Waals surface area contributed by atoms with Gasteiger partial charge in [0.05, 0.1) is 17.1 Å². The van der Waals surface area contributed by atoms with Crippen molar-refractivity contribution in [2.24, 2.45) is 5.92 Å². The van der Waals surface area contributed by atoms with Crippen molar-refractivity contribution in [1.82, 2.24) is 10.3 Å². The van der Waals surface area contributed by atoms with Gasteiger partial charge >= 0.3 is 5.97 Å². The molecule has 2 rings (SSSR count). The fourth-order valence-electron chi connectivity index (χ4n) is 2.88. The zero-order valence-corrected chi connectivity index (χ0v) is 12.6. The molecule has 2 atom stereocenters. The van der Waals surface area contributed by atoms with Crippen molar-refractivity contribution in [3.63, 3.8) is 0 Å². The van der Waals surface area contributed by atoms with Crippen LogP contribution in [0.4, 0.5) is 0 Å². The second-order valence-corrected chi connectivity index (χ2v) is 6.73. The normalized spacial score (nSPS) is 26.2. The number of nitrogens with zero attached hydrogens (tertiary/aromatic N) is 1. The van der Waals surface area contributed by atoms with Crippen LogP contribution in [0.25, 0.3) is 0 Å². The van der Waals surface area contributed by atoms with Gasteiger partial charge < -0.3 is 10.4 Å². The zero-order valence-electron chi connectivity index (χ0n) is 11.8. The Bertz CT molecular complexity index is 514. The molecule has 1 fully saturated rings. The van der Waals surface area contributed by atoms with E-state index >= 15 is 0 Å². The van der Waals surface area contributed by atoms with Gasteiger partial charge in [0.25, 0.3) is 0 Å². The third kappa shape index (κ3) is 3.36. The van der Waals surface area contributed by atoms with E-state index in [0.717, 1.165) is 17.8 Å². The highest BCUT2D eigenvalue weighted by molar-refractivity contribution is 7.09. The molecule has 1 aliphatic rings. The van der Waals surface area contributed by atoms with Gasteiger partial charge in [0.1, 0.15) is 5.54 Å². The third-order valence-corrected chi connectivity index (χ3v) is 4.62. The van der Waals surface area contributed by atoms with E-state index in [1.807, 2.05) is 19.2 Å². The highest BCUT2D eigenvalue weighted by Gasteiger charge is 2.43. The molecule has 6 heteroatoms. The molecule has 20 heavy (non-hydrogen) atoms. The van der Waals surface area contributed by atoms with Gasteiger partial charge in [-0.05, 0) is 25.7 Å². The second-order valence-electron chi connectivity index (χ2n) is 5.67. The Morgan fingerprint density at radius 1 is 1.60 bits per heavy atom. The van der Waals surface area contributed by atoms with Crippen LogP contribution >= 0.6 is 11.3 Å². The highest BCUT2D eigenvalue weighted by atomic mass is 32.1. The molecule has 1 heterocycles. The molecule has 0 saturated heterocycles. The van der Waals surface area contributed by atoms with Gasteiger partial charge in [-0.15, -0.1) is 11.3 Å². The van der Waals surface area contributed by atoms with Crippen molar-refractivity contribution >= 4 is 23.2 Å². The van der Waals surface area contributed by atoms with Crippen molar-refractivity contribution in [2.75, 3.05) is 0 Å². The maximum Gasteiger partial charge on any atom is 0.329 e. The number of hydrogen-bond acceptors (Lipinski definition) is 4. The highest BCUT2D eigenvalue weighted by Crippen LogP contribution is 2.32. The van der Waals surface area contributed by atoms with Gasteiger partial charge in [-0.2, -0.15) is 0 Å². The maximum absolute atomic E-state index is 12.1. The van der Waals surface area contributed by atoms with Gasteiger partial charge in [0, 0.05) is 5.38 Å². The SMILES string of the molecule is Cc1nc(CC(=O)NC2(C(=O)O)CCCC(C)C2)cs1. The van der Waals surface area contributed by atoms with Gasteiger partial charge in [0.2, 0.25) is 5.91 Å². The van der Waals surface area contributed by atoms with E-state index in [0.29, 0.717) is 24.5 Å². The van der Waals surface area contributed by atoms with E-state index in [4.69, 9.17) is 0 Å². The number of carboxylic acids is 1. The fourth-order valence-corrected chi connectivity index (χ4v) is 3.49. The molecule has 1 amide bonds. The molecule has 0 spiro atoms. The summed E-state index contributed by atoms with van der Waals surface area (Å²) in [5.41, 5.74) is -0.394. The lowest BCUT2D eigenvalue weighted by atomic mass is 9.76. The predicted octanol–water partition coefficient (Wildman–Crippen LogP) is 2.14. The lowest BCUT2D eigenvalue weighted by Crippen LogP contribution is -2.57. The summed E-state index contributed by atoms with van der Waals surface area (Å²) >= 11 is 1.49. The number of aromatic nitrogens is 1. The molecule has 0 aliphatic heterocycles. The van der Waals surface area contributed by atoms with Crippen LogP contribution in [0.5, 0.6) is 0 Å². The molecule has 1 aromatic heterocycles. The summed E-state index contributed by atoms with van der Waals surface area (Å²) in [6.45, 7) is 3.92. The predicted molar refractivity (Wildman–Crippen MR) is 76.7 cm³/mol. The van der Waals surface area contributed by atoms with Gasteiger partial charge in [-0.25, -0.2) is 9.78 Å². The molecular weight excluding hydrogens is 276 g/mol. The van der Waals surface area contributed by atoms with Crippen LogP contribution in [-0.4, -0.2) is 27.5 Å². The Hall–Kier alpha value is -1.43. The van der Waals surface area contributed by atoms with Crippen LogP contribution in [0, 0.1) is 12.8 Å². The summed E-state index contributed by atoms with van der Waals surface area (Å²) < 4.78 is 0. The summed E-state index contributed by atoms with van der Waals surface area (Å²) in [5, 5.41) is 15.0. The Balaban J connectivity index is 2.04. The first kappa shape index (κ1) is 15.0. The third-order valence-electron chi connectivity index (χ3n) is 3.79. The van der Waals surface area contributed by atoms with Crippen molar-refractivity contribution in [2.45, 2.75) is 51.5 Å². The number of hydrogen-bond donors (Lipinski definition) is 2. The van der Waals surface area contributed by atoms with E-state index < -0.39 is 11.5 Å². The monoisotopic (exact) mass is 296 g/mol. The molecule has 1 aliphatic carbocycles. The number of nitrogens with one attached hydrogen (secondary N) is 1. The minimum absolute atomic E-state index is 0.147. The fraction of sp³-hybridized carbons (Fsp3) is 0.643. The van der Waals surface area contributed by atoms with Crippen molar-refractivity contribution in [1.29, 1.82) is 0 Å². The van der Waals surface area contributed by atoms with Crippen LogP contribution in [0.3, 0.4) is 0 Å². The van der Waals surface area contributed by atoms with E-state index in [-0.39, 0.29) is 12.3 Å². The molecule has 0 radical (unpaired) electrons. The first-order valence-corrected chi connectivity index (χ1v) is 7.75. The molecule has 0 aromatic carbocycles. The molecule has 1 aromatic rings. The summed E-state index contributed by atoms with van der Waals surface area (Å²) in [4.78, 5) is 27.9. The van der Waals surface area contributed by atoms with E-state index in [1.165, 1.54) is 11.3 Å². The standard InChI is InChI=1S/C14H20N2O3S/c1-9-4-3-5-14(7-9,13(18)19)16-12(17)6-11-8-20-10(2)15-11/h8-9H,3-7H2,1-2H3,(H,16,17)(H,18,19). The second kappa shape index (κ2) is 5.91. The van der Waals surface area contributed by atoms with Gasteiger partial charge in [-0.3, -0.25) is 4.79 Å². The largest absolute Gasteiger partial charge is 0.480 e. The first-order chi connectivity index (χ1) is 9.41. The Morgan fingerprint density at radius 2 is 2.35 bits per heavy atom. The maximum atomic E-state index is 12.1. The molecular formula is C14H20N2O3S. The Labute approximate surface area is 122 Å². The number of carbonyl (C=O) groups is 2. The average molecular weight is 296 g/mol. The van der Waals surface area contributed by atoms with Crippen molar-refractivity contribution in [3.05, 3.63) is 16.1 Å². The number of aliphatic carboxylic acids is 1. The number of carboxylic acid groups (broad SMARTS) is 1. The molecule has 2 N–H and O–H groups in total.